The molecule has 1 saturated heterocycles. The molecule has 0 N–H and O–H groups in total. The third-order valence-electron chi connectivity index (χ3n) is 4.61. The molecule has 0 spiro atoms. The molecule has 92 valence electrons. The van der Waals surface area contributed by atoms with E-state index < -0.39 is 5.79 Å². The van der Waals surface area contributed by atoms with Gasteiger partial charge in [0.1, 0.15) is 0 Å². The van der Waals surface area contributed by atoms with Crippen molar-refractivity contribution in [2.24, 2.45) is 16.7 Å². The van der Waals surface area contributed by atoms with Gasteiger partial charge in [-0.25, -0.2) is 0 Å². The van der Waals surface area contributed by atoms with E-state index in [1.165, 1.54) is 0 Å². The van der Waals surface area contributed by atoms with Crippen molar-refractivity contribution in [3.8, 4) is 0 Å². The molecule has 0 saturated carbocycles. The number of carbonyl (C=O) groups is 1. The van der Waals surface area contributed by atoms with Crippen LogP contribution in [0.3, 0.4) is 0 Å². The smallest absolute Gasteiger partial charge is 0.237 e. The van der Waals surface area contributed by atoms with Crippen LogP contribution in [0.2, 0.25) is 0 Å². The fourth-order valence-corrected chi connectivity index (χ4v) is 3.93. The van der Waals surface area contributed by atoms with Crippen molar-refractivity contribution in [2.45, 2.75) is 26.1 Å². The van der Waals surface area contributed by atoms with Gasteiger partial charge in [-0.15, -0.1) is 0 Å². The Balaban J connectivity index is 2.23. The Kier molecular flexibility index (Phi) is 2.03. The molecule has 3 nitrogen and oxygen atoms in total. The third kappa shape index (κ3) is 1.16. The SMILES string of the molecule is CO[C@]12OC[C@]3(C)C=CC[C@](C)(C=CC1=O)[C@H]23. The van der Waals surface area contributed by atoms with Gasteiger partial charge in [0.05, 0.1) is 6.61 Å². The summed E-state index contributed by atoms with van der Waals surface area (Å²) in [7, 11) is 1.57. The third-order valence-corrected chi connectivity index (χ3v) is 4.61. The van der Waals surface area contributed by atoms with E-state index in [1.807, 2.05) is 6.08 Å². The maximum atomic E-state index is 12.2. The molecule has 0 aromatic carbocycles. The van der Waals surface area contributed by atoms with Crippen LogP contribution >= 0.6 is 0 Å². The van der Waals surface area contributed by atoms with Gasteiger partial charge in [0.15, 0.2) is 0 Å². The molecule has 3 heteroatoms. The number of rotatable bonds is 1. The van der Waals surface area contributed by atoms with Crippen LogP contribution in [-0.2, 0) is 14.3 Å². The number of ketones is 1. The first-order valence-corrected chi connectivity index (χ1v) is 6.07. The molecule has 0 radical (unpaired) electrons. The van der Waals surface area contributed by atoms with Crippen LogP contribution in [0.25, 0.3) is 0 Å². The van der Waals surface area contributed by atoms with E-state index in [-0.39, 0.29) is 22.5 Å². The van der Waals surface area contributed by atoms with Crippen molar-refractivity contribution in [3.63, 3.8) is 0 Å². The maximum Gasteiger partial charge on any atom is 0.237 e. The van der Waals surface area contributed by atoms with E-state index in [2.05, 4.69) is 26.0 Å². The van der Waals surface area contributed by atoms with Gasteiger partial charge in [-0.2, -0.15) is 0 Å². The van der Waals surface area contributed by atoms with Crippen molar-refractivity contribution in [1.29, 1.82) is 0 Å². The quantitative estimate of drug-likeness (QED) is 0.652. The molecule has 0 unspecified atom stereocenters. The molecule has 0 amide bonds. The summed E-state index contributed by atoms with van der Waals surface area (Å²) in [5, 5.41) is 0. The Morgan fingerprint density at radius 2 is 2.12 bits per heavy atom. The van der Waals surface area contributed by atoms with Crippen LogP contribution in [0.1, 0.15) is 20.3 Å². The molecule has 1 fully saturated rings. The van der Waals surface area contributed by atoms with E-state index >= 15 is 0 Å². The summed E-state index contributed by atoms with van der Waals surface area (Å²) in [5.74, 6) is -1.06. The molecule has 1 aliphatic heterocycles. The molecule has 0 bridgehead atoms. The predicted molar refractivity (Wildman–Crippen MR) is 63.3 cm³/mol. The summed E-state index contributed by atoms with van der Waals surface area (Å²) in [4.78, 5) is 12.2. The Morgan fingerprint density at radius 1 is 1.35 bits per heavy atom. The number of ether oxygens (including phenoxy) is 2. The highest BCUT2D eigenvalue weighted by atomic mass is 16.7. The molecule has 3 aliphatic rings. The van der Waals surface area contributed by atoms with Crippen LogP contribution in [0.5, 0.6) is 0 Å². The zero-order valence-corrected chi connectivity index (χ0v) is 10.5. The van der Waals surface area contributed by atoms with Crippen LogP contribution in [-0.4, -0.2) is 25.3 Å². The standard InChI is InChI=1S/C14H18O3/c1-12-6-4-7-13(2)9-17-14(16-3,11(12)13)10(15)5-8-12/h4-5,7-8,11H,6,9H2,1-3H3/t11-,12+,13-,14-/m0/s1. The second kappa shape index (κ2) is 3.09. The molecule has 2 aliphatic carbocycles. The van der Waals surface area contributed by atoms with Crippen LogP contribution < -0.4 is 0 Å². The first-order chi connectivity index (χ1) is 7.97. The zero-order chi connectivity index (χ0) is 12.3. The van der Waals surface area contributed by atoms with Gasteiger partial charge in [-0.05, 0) is 17.9 Å². The van der Waals surface area contributed by atoms with Crippen LogP contribution in [0.4, 0.5) is 0 Å². The molecular formula is C14H18O3. The average Bonchev–Trinajstić information content (AvgIpc) is 2.62. The monoisotopic (exact) mass is 234 g/mol. The lowest BCUT2D eigenvalue weighted by Crippen LogP contribution is -2.57. The fraction of sp³-hybridized carbons (Fsp3) is 0.643. The first-order valence-electron chi connectivity index (χ1n) is 6.07. The zero-order valence-electron chi connectivity index (χ0n) is 10.5. The molecule has 4 atom stereocenters. The summed E-state index contributed by atoms with van der Waals surface area (Å²) in [6.45, 7) is 4.88. The van der Waals surface area contributed by atoms with Crippen molar-refractivity contribution in [2.75, 3.05) is 13.7 Å². The number of methoxy groups -OCH3 is 1. The summed E-state index contributed by atoms with van der Waals surface area (Å²) in [5.41, 5.74) is -0.159. The molecule has 0 aromatic heterocycles. The van der Waals surface area contributed by atoms with Crippen molar-refractivity contribution >= 4 is 5.78 Å². The van der Waals surface area contributed by atoms with E-state index in [1.54, 1.807) is 13.2 Å². The highest BCUT2D eigenvalue weighted by molar-refractivity contribution is 5.98. The van der Waals surface area contributed by atoms with E-state index in [4.69, 9.17) is 9.47 Å². The Labute approximate surface area is 101 Å². The molecule has 3 rings (SSSR count). The minimum absolute atomic E-state index is 0.0517. The van der Waals surface area contributed by atoms with Gasteiger partial charge in [-0.1, -0.05) is 32.1 Å². The first kappa shape index (κ1) is 11.2. The average molecular weight is 234 g/mol. The molecule has 17 heavy (non-hydrogen) atoms. The number of allylic oxidation sites excluding steroid dienone is 2. The van der Waals surface area contributed by atoms with Gasteiger partial charge in [-0.3, -0.25) is 4.79 Å². The predicted octanol–water partition coefficient (Wildman–Crippen LogP) is 2.09. The number of hydrogen-bond donors (Lipinski definition) is 0. The largest absolute Gasteiger partial charge is 0.346 e. The Morgan fingerprint density at radius 3 is 2.82 bits per heavy atom. The number of hydrogen-bond acceptors (Lipinski definition) is 3. The summed E-state index contributed by atoms with van der Waals surface area (Å²) in [6, 6.07) is 0. The number of carbonyl (C=O) groups excluding carboxylic acids is 1. The molecule has 1 heterocycles. The van der Waals surface area contributed by atoms with E-state index in [9.17, 15) is 4.79 Å². The highest BCUT2D eigenvalue weighted by Gasteiger charge is 2.67. The fourth-order valence-electron chi connectivity index (χ4n) is 3.93. The van der Waals surface area contributed by atoms with E-state index in [0.717, 1.165) is 6.42 Å². The van der Waals surface area contributed by atoms with Gasteiger partial charge in [0.2, 0.25) is 11.6 Å². The lowest BCUT2D eigenvalue weighted by molar-refractivity contribution is -0.223. The van der Waals surface area contributed by atoms with Gasteiger partial charge >= 0.3 is 0 Å². The van der Waals surface area contributed by atoms with Crippen LogP contribution in [0, 0.1) is 16.7 Å². The lowest BCUT2D eigenvalue weighted by Gasteiger charge is -2.49. The normalized spacial score (nSPS) is 51.7. The molecular weight excluding hydrogens is 216 g/mol. The minimum Gasteiger partial charge on any atom is -0.346 e. The topological polar surface area (TPSA) is 35.5 Å². The van der Waals surface area contributed by atoms with Gasteiger partial charge in [0, 0.05) is 18.4 Å². The second-order valence-electron chi connectivity index (χ2n) is 5.91. The van der Waals surface area contributed by atoms with Crippen molar-refractivity contribution < 1.29 is 14.3 Å². The van der Waals surface area contributed by atoms with E-state index in [0.29, 0.717) is 6.61 Å². The van der Waals surface area contributed by atoms with Gasteiger partial charge in [0.25, 0.3) is 0 Å². The summed E-state index contributed by atoms with van der Waals surface area (Å²) >= 11 is 0. The molecule has 0 aromatic rings. The van der Waals surface area contributed by atoms with Crippen molar-refractivity contribution in [1.82, 2.24) is 0 Å². The van der Waals surface area contributed by atoms with Crippen molar-refractivity contribution in [3.05, 3.63) is 24.3 Å². The van der Waals surface area contributed by atoms with Crippen LogP contribution in [0.15, 0.2) is 24.3 Å². The summed E-state index contributed by atoms with van der Waals surface area (Å²) < 4.78 is 11.3. The lowest BCUT2D eigenvalue weighted by atomic mass is 9.55. The maximum absolute atomic E-state index is 12.2. The Hall–Kier alpha value is -0.930. The Bertz CT molecular complexity index is 439. The highest BCUT2D eigenvalue weighted by Crippen LogP contribution is 2.60. The minimum atomic E-state index is -1.07. The second-order valence-corrected chi connectivity index (χ2v) is 5.91. The summed E-state index contributed by atoms with van der Waals surface area (Å²) in [6.07, 6.45) is 8.99. The van der Waals surface area contributed by atoms with Gasteiger partial charge < -0.3 is 9.47 Å².